The number of fused-ring (bicyclic) bond motifs is 1. The van der Waals surface area contributed by atoms with Gasteiger partial charge in [-0.2, -0.15) is 0 Å². The minimum atomic E-state index is 0.547. The van der Waals surface area contributed by atoms with Gasteiger partial charge >= 0.3 is 0 Å². The number of hydrogen-bond acceptors (Lipinski definition) is 4. The molecule has 20 heavy (non-hydrogen) atoms. The van der Waals surface area contributed by atoms with Crippen LogP contribution in [0, 0.1) is 0 Å². The molecular formula is C15H13N3O2. The summed E-state index contributed by atoms with van der Waals surface area (Å²) in [6.07, 6.45) is 1.40. The molecule has 0 aliphatic rings. The number of methoxy groups -OCH3 is 1. The van der Waals surface area contributed by atoms with Crippen LogP contribution in [0.1, 0.15) is 21.9 Å². The highest BCUT2D eigenvalue weighted by Crippen LogP contribution is 2.16. The van der Waals surface area contributed by atoms with Crippen molar-refractivity contribution in [1.82, 2.24) is 14.6 Å². The van der Waals surface area contributed by atoms with Crippen LogP contribution in [0.5, 0.6) is 5.75 Å². The second-order valence-electron chi connectivity index (χ2n) is 4.41. The summed E-state index contributed by atoms with van der Waals surface area (Å²) in [7, 11) is 1.63. The molecule has 0 radical (unpaired) electrons. The molecule has 100 valence electrons. The van der Waals surface area contributed by atoms with Crippen LogP contribution in [-0.4, -0.2) is 28.0 Å². The minimum Gasteiger partial charge on any atom is -0.497 e. The van der Waals surface area contributed by atoms with Crippen LogP contribution in [0.4, 0.5) is 0 Å². The first kappa shape index (κ1) is 12.3. The minimum absolute atomic E-state index is 0.547. The molecule has 0 saturated carbocycles. The van der Waals surface area contributed by atoms with Gasteiger partial charge in [0.2, 0.25) is 0 Å². The van der Waals surface area contributed by atoms with Crippen LogP contribution >= 0.6 is 0 Å². The maximum atomic E-state index is 11.1. The Morgan fingerprint density at radius 3 is 2.85 bits per heavy atom. The second kappa shape index (κ2) is 5.13. The van der Waals surface area contributed by atoms with E-state index in [0.717, 1.165) is 23.4 Å². The summed E-state index contributed by atoms with van der Waals surface area (Å²) < 4.78 is 6.98. The monoisotopic (exact) mass is 267 g/mol. The molecule has 5 heteroatoms. The zero-order valence-electron chi connectivity index (χ0n) is 11.0. The van der Waals surface area contributed by atoms with E-state index in [9.17, 15) is 4.79 Å². The number of pyridine rings is 1. The first-order valence-corrected chi connectivity index (χ1v) is 6.23. The summed E-state index contributed by atoms with van der Waals surface area (Å²) in [5.74, 6) is 1.53. The fourth-order valence-corrected chi connectivity index (χ4v) is 2.20. The van der Waals surface area contributed by atoms with Crippen molar-refractivity contribution in [2.45, 2.75) is 6.42 Å². The lowest BCUT2D eigenvalue weighted by atomic mass is 10.1. The highest BCUT2D eigenvalue weighted by Gasteiger charge is 2.09. The van der Waals surface area contributed by atoms with E-state index in [0.29, 0.717) is 17.8 Å². The number of nitrogens with zero attached hydrogens (tertiary/aromatic N) is 3. The Bertz CT molecular complexity index is 765. The van der Waals surface area contributed by atoms with Gasteiger partial charge in [0, 0.05) is 6.42 Å². The average Bonchev–Trinajstić information content (AvgIpc) is 2.90. The topological polar surface area (TPSA) is 56.5 Å². The highest BCUT2D eigenvalue weighted by molar-refractivity contribution is 5.74. The molecule has 0 atom stereocenters. The molecule has 5 nitrogen and oxygen atoms in total. The van der Waals surface area contributed by atoms with E-state index in [1.54, 1.807) is 23.6 Å². The predicted molar refractivity (Wildman–Crippen MR) is 74.2 cm³/mol. The number of ether oxygens (including phenoxy) is 1. The van der Waals surface area contributed by atoms with Crippen molar-refractivity contribution in [3.63, 3.8) is 0 Å². The van der Waals surface area contributed by atoms with E-state index < -0.39 is 0 Å². The molecular weight excluding hydrogens is 254 g/mol. The molecule has 0 spiro atoms. The largest absolute Gasteiger partial charge is 0.497 e. The van der Waals surface area contributed by atoms with E-state index >= 15 is 0 Å². The lowest BCUT2D eigenvalue weighted by Crippen LogP contribution is -2.01. The van der Waals surface area contributed by atoms with Crippen LogP contribution in [0.25, 0.3) is 5.65 Å². The molecule has 0 bridgehead atoms. The smallest absolute Gasteiger partial charge is 0.166 e. The number of carbonyl (C=O) groups excluding carboxylic acids is 1. The van der Waals surface area contributed by atoms with Gasteiger partial charge < -0.3 is 4.74 Å². The van der Waals surface area contributed by atoms with Crippen molar-refractivity contribution in [3.05, 3.63) is 59.5 Å². The molecule has 0 fully saturated rings. The number of rotatable bonds is 4. The van der Waals surface area contributed by atoms with Crippen LogP contribution in [0.2, 0.25) is 0 Å². The summed E-state index contributed by atoms with van der Waals surface area (Å²) in [6.45, 7) is 0. The summed E-state index contributed by atoms with van der Waals surface area (Å²) in [6, 6.07) is 13.1. The van der Waals surface area contributed by atoms with E-state index in [2.05, 4.69) is 10.2 Å². The normalized spacial score (nSPS) is 10.7. The molecule has 0 aliphatic heterocycles. The summed E-state index contributed by atoms with van der Waals surface area (Å²) in [5.41, 5.74) is 2.28. The van der Waals surface area contributed by atoms with Crippen LogP contribution in [0.3, 0.4) is 0 Å². The van der Waals surface area contributed by atoms with Gasteiger partial charge in [-0.3, -0.25) is 9.20 Å². The molecule has 2 aromatic heterocycles. The first-order chi connectivity index (χ1) is 9.81. The Morgan fingerprint density at radius 1 is 1.20 bits per heavy atom. The Kier molecular flexibility index (Phi) is 3.16. The first-order valence-electron chi connectivity index (χ1n) is 6.23. The van der Waals surface area contributed by atoms with Crippen molar-refractivity contribution in [2.24, 2.45) is 0 Å². The molecule has 0 saturated heterocycles. The second-order valence-corrected chi connectivity index (χ2v) is 4.41. The van der Waals surface area contributed by atoms with E-state index in [4.69, 9.17) is 4.74 Å². The van der Waals surface area contributed by atoms with Gasteiger partial charge in [-0.15, -0.1) is 10.2 Å². The number of carbonyl (C=O) groups is 1. The number of aldehydes is 1. The van der Waals surface area contributed by atoms with Crippen molar-refractivity contribution in [3.8, 4) is 5.75 Å². The quantitative estimate of drug-likeness (QED) is 0.680. The summed E-state index contributed by atoms with van der Waals surface area (Å²) in [4.78, 5) is 11.1. The molecule has 1 aromatic carbocycles. The van der Waals surface area contributed by atoms with Gasteiger partial charge in [-0.05, 0) is 29.8 Å². The average molecular weight is 267 g/mol. The SMILES string of the molecule is COc1cccc(Cc2nnc3cccc(C=O)n23)c1. The maximum Gasteiger partial charge on any atom is 0.166 e. The van der Waals surface area contributed by atoms with Crippen molar-refractivity contribution < 1.29 is 9.53 Å². The summed E-state index contributed by atoms with van der Waals surface area (Å²) >= 11 is 0. The molecule has 3 rings (SSSR count). The fraction of sp³-hybridized carbons (Fsp3) is 0.133. The van der Waals surface area contributed by atoms with Crippen LogP contribution in [0.15, 0.2) is 42.5 Å². The number of benzene rings is 1. The number of aromatic nitrogens is 3. The molecule has 0 N–H and O–H groups in total. The zero-order valence-corrected chi connectivity index (χ0v) is 11.0. The Balaban J connectivity index is 2.04. The third-order valence-electron chi connectivity index (χ3n) is 3.14. The maximum absolute atomic E-state index is 11.1. The lowest BCUT2D eigenvalue weighted by molar-refractivity contribution is 0.111. The standard InChI is InChI=1S/C15H13N3O2/c1-20-13-6-2-4-11(8-13)9-15-17-16-14-7-3-5-12(10-19)18(14)15/h2-8,10H,9H2,1H3. The zero-order chi connectivity index (χ0) is 13.9. The molecule has 0 amide bonds. The van der Waals surface area contributed by atoms with Gasteiger partial charge in [-0.1, -0.05) is 18.2 Å². The molecule has 0 unspecified atom stereocenters. The van der Waals surface area contributed by atoms with E-state index in [1.165, 1.54) is 0 Å². The summed E-state index contributed by atoms with van der Waals surface area (Å²) in [5, 5.41) is 8.26. The predicted octanol–water partition coefficient (Wildman–Crippen LogP) is 2.14. The molecule has 2 heterocycles. The van der Waals surface area contributed by atoms with Crippen LogP contribution in [-0.2, 0) is 6.42 Å². The lowest BCUT2D eigenvalue weighted by Gasteiger charge is -2.05. The molecule has 0 aliphatic carbocycles. The third-order valence-corrected chi connectivity index (χ3v) is 3.14. The van der Waals surface area contributed by atoms with Gasteiger partial charge in [0.05, 0.1) is 12.8 Å². The van der Waals surface area contributed by atoms with Crippen molar-refractivity contribution in [2.75, 3.05) is 7.11 Å². The van der Waals surface area contributed by atoms with Gasteiger partial charge in [-0.25, -0.2) is 0 Å². The van der Waals surface area contributed by atoms with Crippen molar-refractivity contribution in [1.29, 1.82) is 0 Å². The van der Waals surface area contributed by atoms with Crippen molar-refractivity contribution >= 4 is 11.9 Å². The number of hydrogen-bond donors (Lipinski definition) is 0. The Hall–Kier alpha value is -2.69. The Morgan fingerprint density at radius 2 is 2.05 bits per heavy atom. The third kappa shape index (κ3) is 2.14. The van der Waals surface area contributed by atoms with Gasteiger partial charge in [0.15, 0.2) is 11.9 Å². The Labute approximate surface area is 115 Å². The highest BCUT2D eigenvalue weighted by atomic mass is 16.5. The van der Waals surface area contributed by atoms with Crippen LogP contribution < -0.4 is 4.74 Å². The molecule has 3 aromatic rings. The van der Waals surface area contributed by atoms with Gasteiger partial charge in [0.1, 0.15) is 11.6 Å². The van der Waals surface area contributed by atoms with E-state index in [1.807, 2.05) is 30.3 Å². The van der Waals surface area contributed by atoms with Gasteiger partial charge in [0.25, 0.3) is 0 Å². The van der Waals surface area contributed by atoms with E-state index in [-0.39, 0.29) is 0 Å². The fourth-order valence-electron chi connectivity index (χ4n) is 2.20.